The molecule has 0 amide bonds. The number of ether oxygens (including phenoxy) is 2. The van der Waals surface area contributed by atoms with Gasteiger partial charge in [0.2, 0.25) is 0 Å². The normalized spacial score (nSPS) is 13.4. The Hall–Kier alpha value is -2.39. The first-order chi connectivity index (χ1) is 13.0. The van der Waals surface area contributed by atoms with Gasteiger partial charge in [0, 0.05) is 16.1 Å². The fourth-order valence-electron chi connectivity index (χ4n) is 2.35. The minimum atomic E-state index is -2.44. The van der Waals surface area contributed by atoms with Crippen LogP contribution in [0.1, 0.15) is 12.5 Å². The van der Waals surface area contributed by atoms with E-state index in [1.54, 1.807) is 24.3 Å². The van der Waals surface area contributed by atoms with E-state index in [4.69, 9.17) is 21.7 Å². The van der Waals surface area contributed by atoms with Gasteiger partial charge in [0.15, 0.2) is 16.6 Å². The van der Waals surface area contributed by atoms with Gasteiger partial charge in [-0.05, 0) is 61.6 Å². The van der Waals surface area contributed by atoms with E-state index >= 15 is 0 Å². The Bertz CT molecular complexity index is 845. The van der Waals surface area contributed by atoms with E-state index in [-0.39, 0.29) is 0 Å². The predicted octanol–water partition coefficient (Wildman–Crippen LogP) is 4.48. The molecule has 0 saturated heterocycles. The number of nitrogens with one attached hydrogen (secondary N) is 2. The molecule has 0 aromatic heterocycles. The monoisotopic (exact) mass is 409 g/mol. The minimum absolute atomic E-state index is 0.293. The number of alkyl halides is 2. The summed E-state index contributed by atoms with van der Waals surface area (Å²) in [6.07, 6.45) is 0. The van der Waals surface area contributed by atoms with Crippen molar-refractivity contribution in [3.05, 3.63) is 48.0 Å². The van der Waals surface area contributed by atoms with Crippen LogP contribution in [0.15, 0.2) is 52.5 Å². The second-order valence-electron chi connectivity index (χ2n) is 5.52. The fourth-order valence-corrected chi connectivity index (χ4v) is 3.01. The highest BCUT2D eigenvalue weighted by Crippen LogP contribution is 2.31. The summed E-state index contributed by atoms with van der Waals surface area (Å²) in [7, 11) is 0. The zero-order chi connectivity index (χ0) is 19.2. The summed E-state index contributed by atoms with van der Waals surface area (Å²) in [4.78, 5) is 0.488. The molecule has 2 N–H and O–H groups in total. The first-order valence-electron chi connectivity index (χ1n) is 8.07. The average Bonchev–Trinajstić information content (AvgIpc) is 2.67. The van der Waals surface area contributed by atoms with Crippen LogP contribution in [-0.2, 0) is 0 Å². The zero-order valence-electron chi connectivity index (χ0n) is 14.4. The SMILES string of the molecule is C/C(=N/NC(=S)Nc1ccc(SC(F)F)cc1)c1ccc2c(c1)OCCO2. The molecule has 3 rings (SSSR count). The molecule has 1 aliphatic heterocycles. The lowest BCUT2D eigenvalue weighted by Gasteiger charge is -2.18. The Morgan fingerprint density at radius 3 is 2.52 bits per heavy atom. The third-order valence-electron chi connectivity index (χ3n) is 3.62. The lowest BCUT2D eigenvalue weighted by molar-refractivity contribution is 0.171. The van der Waals surface area contributed by atoms with Crippen molar-refractivity contribution in [2.45, 2.75) is 17.6 Å². The van der Waals surface area contributed by atoms with Crippen molar-refractivity contribution in [1.29, 1.82) is 0 Å². The molecule has 0 unspecified atom stereocenters. The number of fused-ring (bicyclic) bond motifs is 1. The van der Waals surface area contributed by atoms with Gasteiger partial charge >= 0.3 is 0 Å². The number of anilines is 1. The number of thiocarbonyl (C=S) groups is 1. The van der Waals surface area contributed by atoms with Crippen molar-refractivity contribution in [2.75, 3.05) is 18.5 Å². The lowest BCUT2D eigenvalue weighted by atomic mass is 10.1. The smallest absolute Gasteiger partial charge is 0.288 e. The Labute approximate surface area is 165 Å². The van der Waals surface area contributed by atoms with E-state index in [1.807, 2.05) is 25.1 Å². The van der Waals surface area contributed by atoms with E-state index < -0.39 is 5.76 Å². The Morgan fingerprint density at radius 2 is 1.81 bits per heavy atom. The third kappa shape index (κ3) is 5.54. The van der Waals surface area contributed by atoms with Crippen LogP contribution < -0.4 is 20.2 Å². The van der Waals surface area contributed by atoms with Crippen molar-refractivity contribution >= 4 is 40.5 Å². The molecule has 0 saturated carbocycles. The number of benzene rings is 2. The number of thioether (sulfide) groups is 1. The largest absolute Gasteiger partial charge is 0.486 e. The van der Waals surface area contributed by atoms with Crippen molar-refractivity contribution in [1.82, 2.24) is 5.43 Å². The predicted molar refractivity (Wildman–Crippen MR) is 107 cm³/mol. The lowest BCUT2D eigenvalue weighted by Crippen LogP contribution is -2.25. The highest BCUT2D eigenvalue weighted by molar-refractivity contribution is 7.99. The van der Waals surface area contributed by atoms with Crippen molar-refractivity contribution in [3.8, 4) is 11.5 Å². The average molecular weight is 409 g/mol. The van der Waals surface area contributed by atoms with Gasteiger partial charge in [-0.3, -0.25) is 5.43 Å². The molecule has 2 aromatic rings. The number of hydrogen-bond donors (Lipinski definition) is 2. The molecule has 5 nitrogen and oxygen atoms in total. The molecular weight excluding hydrogens is 392 g/mol. The molecule has 0 aliphatic carbocycles. The van der Waals surface area contributed by atoms with Gasteiger partial charge in [-0.25, -0.2) is 0 Å². The van der Waals surface area contributed by atoms with Crippen LogP contribution >= 0.6 is 24.0 Å². The summed E-state index contributed by atoms with van der Waals surface area (Å²) >= 11 is 5.70. The maximum absolute atomic E-state index is 12.3. The van der Waals surface area contributed by atoms with Crippen LogP contribution in [0.3, 0.4) is 0 Å². The molecule has 142 valence electrons. The summed E-state index contributed by atoms with van der Waals surface area (Å²) in [5.41, 5.74) is 5.05. The van der Waals surface area contributed by atoms with Crippen LogP contribution in [0.2, 0.25) is 0 Å². The van der Waals surface area contributed by atoms with Crippen LogP contribution in [-0.4, -0.2) is 29.8 Å². The van der Waals surface area contributed by atoms with Gasteiger partial charge in [-0.2, -0.15) is 13.9 Å². The first kappa shape index (κ1) is 19.4. The number of rotatable bonds is 5. The quantitative estimate of drug-likeness (QED) is 0.329. The maximum atomic E-state index is 12.3. The summed E-state index contributed by atoms with van der Waals surface area (Å²) in [5, 5.41) is 7.50. The molecule has 0 atom stereocenters. The van der Waals surface area contributed by atoms with E-state index in [2.05, 4.69) is 15.8 Å². The van der Waals surface area contributed by atoms with E-state index in [0.29, 0.717) is 46.4 Å². The molecule has 0 spiro atoms. The van der Waals surface area contributed by atoms with Crippen molar-refractivity contribution < 1.29 is 18.3 Å². The number of hydrogen-bond acceptors (Lipinski definition) is 5. The fraction of sp³-hybridized carbons (Fsp3) is 0.222. The minimum Gasteiger partial charge on any atom is -0.486 e. The second-order valence-corrected chi connectivity index (χ2v) is 7.00. The van der Waals surface area contributed by atoms with Crippen LogP contribution in [0.4, 0.5) is 14.5 Å². The molecule has 0 bridgehead atoms. The molecule has 2 aromatic carbocycles. The molecule has 1 heterocycles. The molecule has 27 heavy (non-hydrogen) atoms. The van der Waals surface area contributed by atoms with Gasteiger partial charge in [0.1, 0.15) is 13.2 Å². The van der Waals surface area contributed by atoms with Crippen LogP contribution in [0.25, 0.3) is 0 Å². The Kier molecular flexibility index (Phi) is 6.46. The Balaban J connectivity index is 1.57. The summed E-state index contributed by atoms with van der Waals surface area (Å²) < 4.78 is 35.7. The molecule has 9 heteroatoms. The van der Waals surface area contributed by atoms with Gasteiger partial charge in [0.25, 0.3) is 5.76 Å². The van der Waals surface area contributed by atoms with E-state index in [1.165, 1.54) is 0 Å². The summed E-state index contributed by atoms with van der Waals surface area (Å²) in [6.45, 7) is 2.91. The second kappa shape index (κ2) is 9.01. The van der Waals surface area contributed by atoms with E-state index in [9.17, 15) is 8.78 Å². The molecule has 1 aliphatic rings. The van der Waals surface area contributed by atoms with Crippen molar-refractivity contribution in [3.63, 3.8) is 0 Å². The summed E-state index contributed by atoms with van der Waals surface area (Å²) in [5.74, 6) is -1.03. The zero-order valence-corrected chi connectivity index (χ0v) is 16.0. The number of nitrogens with zero attached hydrogens (tertiary/aromatic N) is 1. The first-order valence-corrected chi connectivity index (χ1v) is 9.36. The van der Waals surface area contributed by atoms with Gasteiger partial charge in [-0.15, -0.1) is 0 Å². The van der Waals surface area contributed by atoms with Gasteiger partial charge in [0.05, 0.1) is 5.71 Å². The summed E-state index contributed by atoms with van der Waals surface area (Å²) in [6, 6.07) is 12.2. The molecule has 0 fully saturated rings. The standard InChI is InChI=1S/C18H17F2N3O2S2/c1-11(12-2-7-15-16(10-12)25-9-8-24-15)22-23-18(26)21-13-3-5-14(6-4-13)27-17(19)20/h2-7,10,17H,8-9H2,1H3,(H2,21,23,26)/b22-11-. The highest BCUT2D eigenvalue weighted by Gasteiger charge is 2.12. The molecular formula is C18H17F2N3O2S2. The maximum Gasteiger partial charge on any atom is 0.288 e. The third-order valence-corrected chi connectivity index (χ3v) is 4.54. The number of hydrazone groups is 1. The van der Waals surface area contributed by atoms with Crippen LogP contribution in [0.5, 0.6) is 11.5 Å². The van der Waals surface area contributed by atoms with Gasteiger partial charge < -0.3 is 14.8 Å². The van der Waals surface area contributed by atoms with Gasteiger partial charge in [-0.1, -0.05) is 11.8 Å². The highest BCUT2D eigenvalue weighted by atomic mass is 32.2. The molecule has 0 radical (unpaired) electrons. The van der Waals surface area contributed by atoms with E-state index in [0.717, 1.165) is 17.0 Å². The topological polar surface area (TPSA) is 54.9 Å². The van der Waals surface area contributed by atoms with Crippen LogP contribution in [0, 0.1) is 0 Å². The van der Waals surface area contributed by atoms with Crippen molar-refractivity contribution in [2.24, 2.45) is 5.10 Å². The Morgan fingerprint density at radius 1 is 1.11 bits per heavy atom. The number of halogens is 2.